The van der Waals surface area contributed by atoms with Crippen LogP contribution in [0.1, 0.15) is 44.0 Å². The number of ether oxygens (including phenoxy) is 1. The molecule has 0 amide bonds. The normalized spacial score (nSPS) is 11.3. The molecule has 1 aromatic carbocycles. The molecule has 0 bridgehead atoms. The first-order chi connectivity index (χ1) is 11.6. The van der Waals surface area contributed by atoms with Crippen molar-refractivity contribution in [1.82, 2.24) is 9.97 Å². The molecule has 24 heavy (non-hydrogen) atoms. The summed E-state index contributed by atoms with van der Waals surface area (Å²) in [5.41, 5.74) is 2.78. The number of carbonyl (C=O) groups is 1. The number of carbonyl (C=O) groups excluding carboxylic acids is 1. The van der Waals surface area contributed by atoms with E-state index in [9.17, 15) is 4.79 Å². The molecule has 0 spiro atoms. The lowest BCUT2D eigenvalue weighted by Gasteiger charge is -2.09. The van der Waals surface area contributed by atoms with Crippen LogP contribution in [0.5, 0.6) is 5.88 Å². The maximum absolute atomic E-state index is 11.1. The maximum Gasteiger partial charge on any atom is 0.217 e. The second kappa shape index (κ2) is 8.83. The number of benzene rings is 1. The Bertz CT molecular complexity index is 742. The number of rotatable bonds is 6. The highest BCUT2D eigenvalue weighted by atomic mass is 16.5. The minimum atomic E-state index is 0.237. The molecule has 0 saturated carbocycles. The largest absolute Gasteiger partial charge is 0.478 e. The first-order valence-corrected chi connectivity index (χ1v) is 8.12. The van der Waals surface area contributed by atoms with Gasteiger partial charge in [0.05, 0.1) is 6.61 Å². The fraction of sp³-hybridized carbons (Fsp3) is 0.350. The van der Waals surface area contributed by atoms with Crippen LogP contribution in [0.15, 0.2) is 36.7 Å². The summed E-state index contributed by atoms with van der Waals surface area (Å²) in [6, 6.07) is 9.84. The predicted octanol–water partition coefficient (Wildman–Crippen LogP) is 3.43. The third kappa shape index (κ3) is 5.85. The van der Waals surface area contributed by atoms with Crippen LogP contribution in [0.25, 0.3) is 0 Å². The van der Waals surface area contributed by atoms with Crippen LogP contribution in [0.4, 0.5) is 0 Å². The standard InChI is InChI=1S/C20H22N2O2/c1-4-24-20-13-19(21-14-22-20)10-9-17-5-7-18(8-6-17)12-15(2)11-16(3)23/h5-8,13-15H,4,11-12H2,1-3H3. The highest BCUT2D eigenvalue weighted by molar-refractivity contribution is 5.75. The summed E-state index contributed by atoms with van der Waals surface area (Å²) < 4.78 is 5.34. The van der Waals surface area contributed by atoms with Gasteiger partial charge in [0.1, 0.15) is 17.8 Å². The maximum atomic E-state index is 11.1. The lowest BCUT2D eigenvalue weighted by molar-refractivity contribution is -0.117. The summed E-state index contributed by atoms with van der Waals surface area (Å²) in [5.74, 6) is 7.24. The zero-order valence-corrected chi connectivity index (χ0v) is 14.4. The van der Waals surface area contributed by atoms with Gasteiger partial charge in [-0.25, -0.2) is 9.97 Å². The van der Waals surface area contributed by atoms with Crippen molar-refractivity contribution in [2.24, 2.45) is 5.92 Å². The number of hydrogen-bond donors (Lipinski definition) is 0. The summed E-state index contributed by atoms with van der Waals surface area (Å²) in [5, 5.41) is 0. The van der Waals surface area contributed by atoms with Gasteiger partial charge >= 0.3 is 0 Å². The Kier molecular flexibility index (Phi) is 6.51. The lowest BCUT2D eigenvalue weighted by Crippen LogP contribution is -2.04. The van der Waals surface area contributed by atoms with Gasteiger partial charge in [-0.3, -0.25) is 0 Å². The molecule has 4 nitrogen and oxygen atoms in total. The van der Waals surface area contributed by atoms with Crippen molar-refractivity contribution in [3.63, 3.8) is 0 Å². The summed E-state index contributed by atoms with van der Waals surface area (Å²) in [6.07, 6.45) is 2.98. The van der Waals surface area contributed by atoms with Gasteiger partial charge in [0.15, 0.2) is 0 Å². The van der Waals surface area contributed by atoms with E-state index < -0.39 is 0 Å². The molecule has 0 saturated heterocycles. The van der Waals surface area contributed by atoms with Crippen LogP contribution in [-0.2, 0) is 11.2 Å². The second-order valence-electron chi connectivity index (χ2n) is 5.84. The molecule has 0 radical (unpaired) electrons. The van der Waals surface area contributed by atoms with Crippen LogP contribution in [0, 0.1) is 17.8 Å². The van der Waals surface area contributed by atoms with Gasteiger partial charge < -0.3 is 9.53 Å². The molecule has 0 fully saturated rings. The highest BCUT2D eigenvalue weighted by Crippen LogP contribution is 2.13. The van der Waals surface area contributed by atoms with E-state index in [4.69, 9.17) is 4.74 Å². The zero-order chi connectivity index (χ0) is 17.4. The van der Waals surface area contributed by atoms with Gasteiger partial charge in [0.25, 0.3) is 0 Å². The molecule has 0 aliphatic heterocycles. The number of hydrogen-bond acceptors (Lipinski definition) is 4. The molecular weight excluding hydrogens is 300 g/mol. The molecule has 4 heteroatoms. The number of aromatic nitrogens is 2. The second-order valence-corrected chi connectivity index (χ2v) is 5.84. The number of Topliss-reactive ketones (excluding diaryl/α,β-unsaturated/α-hetero) is 1. The van der Waals surface area contributed by atoms with Crippen molar-refractivity contribution >= 4 is 5.78 Å². The van der Waals surface area contributed by atoms with E-state index in [-0.39, 0.29) is 5.78 Å². The van der Waals surface area contributed by atoms with E-state index >= 15 is 0 Å². The van der Waals surface area contributed by atoms with Crippen LogP contribution in [-0.4, -0.2) is 22.4 Å². The van der Waals surface area contributed by atoms with Crippen LogP contribution in [0.3, 0.4) is 0 Å². The molecule has 2 aromatic rings. The van der Waals surface area contributed by atoms with E-state index in [0.29, 0.717) is 30.5 Å². The Hall–Kier alpha value is -2.67. The molecule has 1 unspecified atom stereocenters. The van der Waals surface area contributed by atoms with Gasteiger partial charge in [-0.1, -0.05) is 25.0 Å². The molecule has 1 atom stereocenters. The molecule has 0 aliphatic rings. The van der Waals surface area contributed by atoms with Gasteiger partial charge in [0, 0.05) is 18.1 Å². The van der Waals surface area contributed by atoms with Gasteiger partial charge in [-0.2, -0.15) is 0 Å². The molecule has 0 N–H and O–H groups in total. The Labute approximate surface area is 143 Å². The summed E-state index contributed by atoms with van der Waals surface area (Å²) in [6.45, 7) is 6.21. The fourth-order valence-electron chi connectivity index (χ4n) is 2.46. The Morgan fingerprint density at radius 2 is 1.96 bits per heavy atom. The minimum absolute atomic E-state index is 0.237. The monoisotopic (exact) mass is 322 g/mol. The van der Waals surface area contributed by atoms with Crippen LogP contribution >= 0.6 is 0 Å². The average Bonchev–Trinajstić information content (AvgIpc) is 2.54. The molecule has 0 aliphatic carbocycles. The van der Waals surface area contributed by atoms with E-state index in [0.717, 1.165) is 12.0 Å². The first-order valence-electron chi connectivity index (χ1n) is 8.12. The molecule has 1 aromatic heterocycles. The minimum Gasteiger partial charge on any atom is -0.478 e. The quantitative estimate of drug-likeness (QED) is 0.765. The highest BCUT2D eigenvalue weighted by Gasteiger charge is 2.06. The Morgan fingerprint density at radius 1 is 1.21 bits per heavy atom. The van der Waals surface area contributed by atoms with E-state index in [1.165, 1.54) is 11.9 Å². The van der Waals surface area contributed by atoms with Crippen molar-refractivity contribution in [2.45, 2.75) is 33.6 Å². The van der Waals surface area contributed by atoms with E-state index in [2.05, 4.69) is 40.9 Å². The van der Waals surface area contributed by atoms with E-state index in [1.807, 2.05) is 19.1 Å². The zero-order valence-electron chi connectivity index (χ0n) is 14.4. The number of ketones is 1. The summed E-state index contributed by atoms with van der Waals surface area (Å²) in [7, 11) is 0. The van der Waals surface area contributed by atoms with Gasteiger partial charge in [0.2, 0.25) is 5.88 Å². The fourth-order valence-corrected chi connectivity index (χ4v) is 2.46. The third-order valence-electron chi connectivity index (χ3n) is 3.44. The van der Waals surface area contributed by atoms with E-state index in [1.54, 1.807) is 13.0 Å². The smallest absolute Gasteiger partial charge is 0.217 e. The molecule has 2 rings (SSSR count). The van der Waals surface area contributed by atoms with Crippen molar-refractivity contribution in [3.8, 4) is 17.7 Å². The molecular formula is C20H22N2O2. The van der Waals surface area contributed by atoms with Crippen LogP contribution < -0.4 is 4.74 Å². The number of nitrogens with zero attached hydrogens (tertiary/aromatic N) is 2. The Balaban J connectivity index is 2.02. The molecule has 1 heterocycles. The van der Waals surface area contributed by atoms with Crippen molar-refractivity contribution in [2.75, 3.05) is 6.61 Å². The average molecular weight is 322 g/mol. The molecule has 124 valence electrons. The van der Waals surface area contributed by atoms with Crippen molar-refractivity contribution < 1.29 is 9.53 Å². The predicted molar refractivity (Wildman–Crippen MR) is 93.8 cm³/mol. The van der Waals surface area contributed by atoms with Crippen molar-refractivity contribution in [3.05, 3.63) is 53.5 Å². The Morgan fingerprint density at radius 3 is 2.62 bits per heavy atom. The SMILES string of the molecule is CCOc1cc(C#Cc2ccc(CC(C)CC(C)=O)cc2)ncn1. The van der Waals surface area contributed by atoms with Crippen molar-refractivity contribution in [1.29, 1.82) is 0 Å². The third-order valence-corrected chi connectivity index (χ3v) is 3.44. The topological polar surface area (TPSA) is 52.1 Å². The summed E-state index contributed by atoms with van der Waals surface area (Å²) >= 11 is 0. The van der Waals surface area contributed by atoms with Gasteiger partial charge in [-0.15, -0.1) is 0 Å². The lowest BCUT2D eigenvalue weighted by atomic mass is 9.96. The van der Waals surface area contributed by atoms with Gasteiger partial charge in [-0.05, 0) is 49.8 Å². The van der Waals surface area contributed by atoms with Crippen LogP contribution in [0.2, 0.25) is 0 Å². The summed E-state index contributed by atoms with van der Waals surface area (Å²) in [4.78, 5) is 19.3. The first kappa shape index (κ1) is 17.7.